The second-order valence-electron chi connectivity index (χ2n) is 5.02. The highest BCUT2D eigenvalue weighted by Gasteiger charge is 2.19. The molecule has 0 aliphatic rings. The monoisotopic (exact) mass is 304 g/mol. The van der Waals surface area contributed by atoms with Crippen molar-refractivity contribution >= 4 is 11.3 Å². The topological polar surface area (TPSA) is 34.2 Å². The van der Waals surface area contributed by atoms with Gasteiger partial charge in [-0.05, 0) is 32.4 Å². The third-order valence-corrected chi connectivity index (χ3v) is 4.55. The van der Waals surface area contributed by atoms with Crippen LogP contribution in [0.25, 0.3) is 0 Å². The van der Waals surface area contributed by atoms with Gasteiger partial charge in [0.1, 0.15) is 11.1 Å². The fraction of sp³-hybridized carbons (Fsp3) is 0.471. The number of thiazole rings is 1. The Morgan fingerprint density at radius 3 is 2.67 bits per heavy atom. The average Bonchev–Trinajstić information content (AvgIpc) is 3.00. The Hall–Kier alpha value is -1.23. The third-order valence-electron chi connectivity index (χ3n) is 3.33. The maximum atomic E-state index is 5.92. The van der Waals surface area contributed by atoms with E-state index in [9.17, 15) is 0 Å². The van der Waals surface area contributed by atoms with Gasteiger partial charge in [-0.15, -0.1) is 11.3 Å². The number of rotatable bonds is 8. The highest BCUT2D eigenvalue weighted by Crippen LogP contribution is 2.31. The molecular formula is C17H24N2OS. The van der Waals surface area contributed by atoms with Crippen LogP contribution in [0.2, 0.25) is 0 Å². The van der Waals surface area contributed by atoms with Gasteiger partial charge < -0.3 is 10.1 Å². The lowest BCUT2D eigenvalue weighted by atomic mass is 10.1. The summed E-state index contributed by atoms with van der Waals surface area (Å²) in [6.07, 6.45) is 3.05. The summed E-state index contributed by atoms with van der Waals surface area (Å²) < 4.78 is 5.92. The zero-order valence-corrected chi connectivity index (χ0v) is 13.8. The Labute approximate surface area is 131 Å². The van der Waals surface area contributed by atoms with E-state index in [0.717, 1.165) is 23.5 Å². The molecule has 0 bridgehead atoms. The highest BCUT2D eigenvalue weighted by molar-refractivity contribution is 7.11. The van der Waals surface area contributed by atoms with Gasteiger partial charge in [0, 0.05) is 23.7 Å². The summed E-state index contributed by atoms with van der Waals surface area (Å²) in [5.74, 6) is 0. The molecule has 1 N–H and O–H groups in total. The van der Waals surface area contributed by atoms with Crippen molar-refractivity contribution in [1.82, 2.24) is 10.3 Å². The Morgan fingerprint density at radius 1 is 1.24 bits per heavy atom. The first-order chi connectivity index (χ1) is 10.3. The predicted octanol–water partition coefficient (Wildman–Crippen LogP) is 4.33. The minimum absolute atomic E-state index is 0.0617. The van der Waals surface area contributed by atoms with Crippen LogP contribution in [0.5, 0.6) is 0 Å². The van der Waals surface area contributed by atoms with Crippen LogP contribution in [0.15, 0.2) is 36.5 Å². The molecule has 0 radical (unpaired) electrons. The van der Waals surface area contributed by atoms with Crippen LogP contribution in [0.1, 0.15) is 54.8 Å². The van der Waals surface area contributed by atoms with Crippen LogP contribution in [0.3, 0.4) is 0 Å². The van der Waals surface area contributed by atoms with Gasteiger partial charge >= 0.3 is 0 Å². The molecular weight excluding hydrogens is 280 g/mol. The van der Waals surface area contributed by atoms with E-state index in [2.05, 4.69) is 36.3 Å². The molecule has 2 aromatic rings. The molecule has 3 nitrogen and oxygen atoms in total. The number of hydrogen-bond acceptors (Lipinski definition) is 4. The first-order valence-electron chi connectivity index (χ1n) is 7.61. The summed E-state index contributed by atoms with van der Waals surface area (Å²) in [5.41, 5.74) is 1.16. The summed E-state index contributed by atoms with van der Waals surface area (Å²) in [6.45, 7) is 8.10. The fourth-order valence-electron chi connectivity index (χ4n) is 2.19. The second kappa shape index (κ2) is 8.27. The summed E-state index contributed by atoms with van der Waals surface area (Å²) >= 11 is 1.74. The van der Waals surface area contributed by atoms with Crippen molar-refractivity contribution in [3.8, 4) is 0 Å². The lowest BCUT2D eigenvalue weighted by molar-refractivity contribution is 0.0911. The molecule has 1 heterocycles. The van der Waals surface area contributed by atoms with Crippen molar-refractivity contribution in [1.29, 1.82) is 0 Å². The van der Waals surface area contributed by atoms with Crippen LogP contribution in [-0.4, -0.2) is 18.1 Å². The van der Waals surface area contributed by atoms with Crippen molar-refractivity contribution in [3.05, 3.63) is 52.0 Å². The van der Waals surface area contributed by atoms with Gasteiger partial charge in [-0.3, -0.25) is 0 Å². The molecule has 21 heavy (non-hydrogen) atoms. The first kappa shape index (κ1) is 16.1. The van der Waals surface area contributed by atoms with Crippen molar-refractivity contribution in [3.63, 3.8) is 0 Å². The van der Waals surface area contributed by atoms with Gasteiger partial charge in [0.05, 0.1) is 0 Å². The first-order valence-corrected chi connectivity index (χ1v) is 8.43. The average molecular weight is 304 g/mol. The Bertz CT molecular complexity index is 527. The second-order valence-corrected chi connectivity index (χ2v) is 6.12. The summed E-state index contributed by atoms with van der Waals surface area (Å²) in [6, 6.07) is 10.6. The van der Waals surface area contributed by atoms with Crippen LogP contribution in [0.4, 0.5) is 0 Å². The van der Waals surface area contributed by atoms with Crippen LogP contribution in [-0.2, 0) is 4.74 Å². The van der Waals surface area contributed by atoms with E-state index in [1.54, 1.807) is 11.3 Å². The van der Waals surface area contributed by atoms with Gasteiger partial charge in [-0.25, -0.2) is 4.98 Å². The van der Waals surface area contributed by atoms with Gasteiger partial charge in [0.2, 0.25) is 0 Å². The van der Waals surface area contributed by atoms with Crippen molar-refractivity contribution in [2.45, 2.75) is 39.3 Å². The largest absolute Gasteiger partial charge is 0.367 e. The van der Waals surface area contributed by atoms with Gasteiger partial charge in [-0.1, -0.05) is 37.3 Å². The molecule has 1 aromatic carbocycles. The molecule has 0 spiro atoms. The molecule has 2 atom stereocenters. The quantitative estimate of drug-likeness (QED) is 0.788. The van der Waals surface area contributed by atoms with E-state index in [4.69, 9.17) is 4.74 Å². The zero-order chi connectivity index (χ0) is 15.1. The summed E-state index contributed by atoms with van der Waals surface area (Å²) in [7, 11) is 0. The smallest absolute Gasteiger partial charge is 0.134 e. The number of nitrogens with one attached hydrogen (secondary N) is 1. The number of ether oxygens (including phenoxy) is 1. The molecule has 2 unspecified atom stereocenters. The Balaban J connectivity index is 2.16. The Morgan fingerprint density at radius 2 is 2.00 bits per heavy atom. The molecule has 0 amide bonds. The van der Waals surface area contributed by atoms with E-state index in [-0.39, 0.29) is 6.10 Å². The lowest BCUT2D eigenvalue weighted by Gasteiger charge is -2.15. The molecule has 0 saturated heterocycles. The van der Waals surface area contributed by atoms with Crippen LogP contribution in [0, 0.1) is 0 Å². The van der Waals surface area contributed by atoms with E-state index >= 15 is 0 Å². The minimum Gasteiger partial charge on any atom is -0.367 e. The zero-order valence-electron chi connectivity index (χ0n) is 13.0. The molecule has 0 fully saturated rings. The Kier molecular flexibility index (Phi) is 6.36. The van der Waals surface area contributed by atoms with E-state index in [1.165, 1.54) is 4.88 Å². The molecule has 0 saturated carbocycles. The summed E-state index contributed by atoms with van der Waals surface area (Å²) in [4.78, 5) is 5.86. The van der Waals surface area contributed by atoms with Crippen molar-refractivity contribution in [2.24, 2.45) is 0 Å². The van der Waals surface area contributed by atoms with E-state index in [0.29, 0.717) is 12.6 Å². The maximum Gasteiger partial charge on any atom is 0.134 e. The van der Waals surface area contributed by atoms with Crippen LogP contribution >= 0.6 is 11.3 Å². The van der Waals surface area contributed by atoms with Crippen molar-refractivity contribution in [2.75, 3.05) is 13.2 Å². The summed E-state index contributed by atoms with van der Waals surface area (Å²) in [5, 5.41) is 4.53. The highest BCUT2D eigenvalue weighted by atomic mass is 32.1. The molecule has 1 aromatic heterocycles. The SMILES string of the molecule is CCCNC(C)c1cnc(C(OCC)c2ccccc2)s1. The number of hydrogen-bond donors (Lipinski definition) is 1. The molecule has 4 heteroatoms. The number of nitrogens with zero attached hydrogens (tertiary/aromatic N) is 1. The molecule has 0 aliphatic carbocycles. The normalized spacial score (nSPS) is 14.0. The van der Waals surface area contributed by atoms with E-state index < -0.39 is 0 Å². The van der Waals surface area contributed by atoms with Gasteiger partial charge in [-0.2, -0.15) is 0 Å². The molecule has 2 rings (SSSR count). The molecule has 0 aliphatic heterocycles. The van der Waals surface area contributed by atoms with Crippen LogP contribution < -0.4 is 5.32 Å². The van der Waals surface area contributed by atoms with Crippen molar-refractivity contribution < 1.29 is 4.74 Å². The fourth-order valence-corrected chi connectivity index (χ4v) is 3.21. The number of aromatic nitrogens is 1. The standard InChI is InChI=1S/C17H24N2OS/c1-4-11-18-13(3)15-12-19-17(21-15)16(20-5-2)14-9-7-6-8-10-14/h6-10,12-13,16,18H,4-5,11H2,1-3H3. The lowest BCUT2D eigenvalue weighted by Crippen LogP contribution is -2.18. The predicted molar refractivity (Wildman–Crippen MR) is 88.7 cm³/mol. The maximum absolute atomic E-state index is 5.92. The number of benzene rings is 1. The minimum atomic E-state index is -0.0617. The molecule has 114 valence electrons. The third kappa shape index (κ3) is 4.37. The van der Waals surface area contributed by atoms with Gasteiger partial charge in [0.25, 0.3) is 0 Å². The van der Waals surface area contributed by atoms with Gasteiger partial charge in [0.15, 0.2) is 0 Å². The van der Waals surface area contributed by atoms with E-state index in [1.807, 2.05) is 31.3 Å².